The van der Waals surface area contributed by atoms with Crippen molar-refractivity contribution in [1.29, 1.82) is 0 Å². The second kappa shape index (κ2) is 11.9. The van der Waals surface area contributed by atoms with Crippen LogP contribution in [0.15, 0.2) is 11.6 Å². The maximum atomic E-state index is 3.85. The zero-order valence-corrected chi connectivity index (χ0v) is 16.8. The van der Waals surface area contributed by atoms with Crippen LogP contribution in [-0.2, 0) is 0 Å². The number of hydrogen-bond donors (Lipinski definition) is 0. The Morgan fingerprint density at radius 3 is 1.58 bits per heavy atom. The summed E-state index contributed by atoms with van der Waals surface area (Å²) in [5.41, 5.74) is 1.34. The van der Waals surface area contributed by atoms with Crippen molar-refractivity contribution in [3.63, 3.8) is 0 Å². The Balaban J connectivity index is 4.94. The molecule has 0 aromatic heterocycles. The molecule has 0 aliphatic rings. The normalized spacial score (nSPS) is 10.8. The van der Waals surface area contributed by atoms with E-state index in [0.717, 1.165) is 0 Å². The molecule has 0 aliphatic carbocycles. The molecule has 0 N–H and O–H groups in total. The molecular weight excluding hydrogens is 335 g/mol. The summed E-state index contributed by atoms with van der Waals surface area (Å²) in [5, 5.41) is 0. The van der Waals surface area contributed by atoms with Gasteiger partial charge in [-0.05, 0) is 0 Å². The van der Waals surface area contributed by atoms with Gasteiger partial charge in [0, 0.05) is 0 Å². The number of allylic oxidation sites excluding steroid dienone is 2. The van der Waals surface area contributed by atoms with Crippen LogP contribution in [-0.4, -0.2) is 18.4 Å². The van der Waals surface area contributed by atoms with Gasteiger partial charge in [-0.1, -0.05) is 0 Å². The molecule has 0 aromatic rings. The van der Waals surface area contributed by atoms with Gasteiger partial charge >= 0.3 is 126 Å². The molecule has 0 aromatic carbocycles. The van der Waals surface area contributed by atoms with Gasteiger partial charge in [-0.25, -0.2) is 0 Å². The first-order chi connectivity index (χ1) is 9.10. The summed E-state index contributed by atoms with van der Waals surface area (Å²) < 4.78 is 8.34. The molecule has 1 heteroatoms. The first-order valence-corrected chi connectivity index (χ1v) is 15.7. The standard InChI is InChI=1S/C6H7.3C4H9.Sn/c1-4-5-6(2)3;3*1-3-4-2;/h5H,2-3H3;3*1,3-4H2,2H3;. The van der Waals surface area contributed by atoms with E-state index in [-0.39, 0.29) is 0 Å². The SMILES string of the molecule is CCC[CH2][Sn]([C]#CC=C(C)C)([CH2]CCC)[CH2]CCC. The maximum absolute atomic E-state index is 3.85. The Hall–Kier alpha value is 0.0987. The van der Waals surface area contributed by atoms with Crippen LogP contribution in [0.3, 0.4) is 0 Å². The summed E-state index contributed by atoms with van der Waals surface area (Å²) in [6.45, 7) is 11.3. The van der Waals surface area contributed by atoms with Crippen LogP contribution < -0.4 is 0 Å². The van der Waals surface area contributed by atoms with Crippen LogP contribution >= 0.6 is 0 Å². The van der Waals surface area contributed by atoms with Crippen molar-refractivity contribution in [3.8, 4) is 9.86 Å². The number of unbranched alkanes of at least 4 members (excludes halogenated alkanes) is 3. The Bertz CT molecular complexity index is 278. The average Bonchev–Trinajstić information content (AvgIpc) is 2.39. The van der Waals surface area contributed by atoms with Crippen LogP contribution in [0.2, 0.25) is 13.3 Å². The Kier molecular flexibility index (Phi) is 11.9. The number of rotatable bonds is 9. The third-order valence-electron chi connectivity index (χ3n) is 3.72. The van der Waals surface area contributed by atoms with Gasteiger partial charge in [-0.3, -0.25) is 0 Å². The fraction of sp³-hybridized carbons (Fsp3) is 0.778. The molecule has 0 radical (unpaired) electrons. The van der Waals surface area contributed by atoms with E-state index in [1.54, 1.807) is 0 Å². The summed E-state index contributed by atoms with van der Waals surface area (Å²) in [7, 11) is 0. The topological polar surface area (TPSA) is 0 Å². The summed E-state index contributed by atoms with van der Waals surface area (Å²) >= 11 is -2.16. The van der Waals surface area contributed by atoms with Crippen LogP contribution in [0, 0.1) is 9.86 Å². The monoisotopic (exact) mass is 370 g/mol. The molecule has 0 heterocycles. The molecule has 0 amide bonds. The predicted octanol–water partition coefficient (Wildman–Crippen LogP) is 6.34. The van der Waals surface area contributed by atoms with Gasteiger partial charge in [0.05, 0.1) is 0 Å². The molecule has 0 saturated carbocycles. The minimum absolute atomic E-state index is 1.33. The molecule has 0 fully saturated rings. The first kappa shape index (κ1) is 19.1. The molecule has 0 nitrogen and oxygen atoms in total. The van der Waals surface area contributed by atoms with Crippen molar-refractivity contribution < 1.29 is 0 Å². The minimum atomic E-state index is -2.16. The summed E-state index contributed by atoms with van der Waals surface area (Å²) in [5.74, 6) is 3.43. The average molecular weight is 369 g/mol. The number of hydrogen-bond acceptors (Lipinski definition) is 0. The Labute approximate surface area is 126 Å². The van der Waals surface area contributed by atoms with Gasteiger partial charge in [0.1, 0.15) is 0 Å². The second-order valence-corrected chi connectivity index (χ2v) is 18.4. The third-order valence-corrected chi connectivity index (χ3v) is 16.9. The van der Waals surface area contributed by atoms with E-state index >= 15 is 0 Å². The van der Waals surface area contributed by atoms with Gasteiger partial charge < -0.3 is 0 Å². The zero-order chi connectivity index (χ0) is 14.6. The van der Waals surface area contributed by atoms with Crippen molar-refractivity contribution in [3.05, 3.63) is 11.6 Å². The molecule has 0 spiro atoms. The quantitative estimate of drug-likeness (QED) is 0.328. The predicted molar refractivity (Wildman–Crippen MR) is 92.1 cm³/mol. The van der Waals surface area contributed by atoms with E-state index < -0.39 is 18.4 Å². The molecule has 110 valence electrons. The van der Waals surface area contributed by atoms with Crippen molar-refractivity contribution in [2.45, 2.75) is 86.5 Å². The Morgan fingerprint density at radius 1 is 0.842 bits per heavy atom. The van der Waals surface area contributed by atoms with Crippen LogP contribution in [0.5, 0.6) is 0 Å². The van der Waals surface area contributed by atoms with Gasteiger partial charge in [-0.15, -0.1) is 0 Å². The second-order valence-electron chi connectivity index (χ2n) is 6.08. The molecule has 0 unspecified atom stereocenters. The van der Waals surface area contributed by atoms with Gasteiger partial charge in [-0.2, -0.15) is 0 Å². The van der Waals surface area contributed by atoms with Crippen molar-refractivity contribution >= 4 is 18.4 Å². The fourth-order valence-corrected chi connectivity index (χ4v) is 15.6. The van der Waals surface area contributed by atoms with Crippen molar-refractivity contribution in [2.24, 2.45) is 0 Å². The van der Waals surface area contributed by atoms with E-state index in [4.69, 9.17) is 0 Å². The van der Waals surface area contributed by atoms with E-state index in [1.165, 1.54) is 57.4 Å². The molecule has 19 heavy (non-hydrogen) atoms. The molecule has 0 aliphatic heterocycles. The molecule has 0 bridgehead atoms. The summed E-state index contributed by atoms with van der Waals surface area (Å²) in [4.78, 5) is 0. The molecular formula is C18H34Sn. The van der Waals surface area contributed by atoms with Crippen LogP contribution in [0.1, 0.15) is 73.1 Å². The van der Waals surface area contributed by atoms with E-state index in [9.17, 15) is 0 Å². The van der Waals surface area contributed by atoms with Gasteiger partial charge in [0.2, 0.25) is 0 Å². The van der Waals surface area contributed by atoms with Crippen molar-refractivity contribution in [1.82, 2.24) is 0 Å². The van der Waals surface area contributed by atoms with Crippen molar-refractivity contribution in [2.75, 3.05) is 0 Å². The molecule has 0 rings (SSSR count). The summed E-state index contributed by atoms with van der Waals surface area (Å²) in [6, 6.07) is 0. The molecule has 0 atom stereocenters. The van der Waals surface area contributed by atoms with Gasteiger partial charge in [0.15, 0.2) is 0 Å². The fourth-order valence-electron chi connectivity index (χ4n) is 2.44. The third kappa shape index (κ3) is 9.60. The van der Waals surface area contributed by atoms with Gasteiger partial charge in [0.25, 0.3) is 0 Å². The first-order valence-electron chi connectivity index (χ1n) is 8.26. The Morgan fingerprint density at radius 2 is 1.26 bits per heavy atom. The van der Waals surface area contributed by atoms with E-state index in [1.807, 2.05) is 0 Å². The van der Waals surface area contributed by atoms with Crippen LogP contribution in [0.4, 0.5) is 0 Å². The zero-order valence-electron chi connectivity index (χ0n) is 13.9. The van der Waals surface area contributed by atoms with E-state index in [0.29, 0.717) is 0 Å². The van der Waals surface area contributed by atoms with E-state index in [2.05, 4.69) is 50.6 Å². The molecule has 0 saturated heterocycles. The van der Waals surface area contributed by atoms with Crippen LogP contribution in [0.25, 0.3) is 0 Å². The summed E-state index contributed by atoms with van der Waals surface area (Å²) in [6.07, 6.45) is 10.4.